The summed E-state index contributed by atoms with van der Waals surface area (Å²) < 4.78 is 23.3. The first kappa shape index (κ1) is 26.9. The highest BCUT2D eigenvalue weighted by Gasteiger charge is 2.47. The molecule has 3 aromatic rings. The quantitative estimate of drug-likeness (QED) is 0.232. The Morgan fingerprint density at radius 1 is 1.05 bits per heavy atom. The van der Waals surface area contributed by atoms with Gasteiger partial charge in [0.25, 0.3) is 11.7 Å². The molecule has 3 aromatic carbocycles. The molecule has 0 saturated carbocycles. The van der Waals surface area contributed by atoms with Gasteiger partial charge in [0.1, 0.15) is 24.2 Å². The highest BCUT2D eigenvalue weighted by atomic mass is 16.5. The molecule has 0 radical (unpaired) electrons. The number of methoxy groups -OCH3 is 1. The van der Waals surface area contributed by atoms with Gasteiger partial charge < -0.3 is 29.0 Å². The molecular formula is C33H33NO7. The maximum atomic E-state index is 13.5. The van der Waals surface area contributed by atoms with Crippen LogP contribution in [0.15, 0.2) is 72.3 Å². The summed E-state index contributed by atoms with van der Waals surface area (Å²) in [6.45, 7) is 3.21. The molecule has 3 unspecified atom stereocenters. The average Bonchev–Trinajstić information content (AvgIpc) is 3.70. The second-order valence-electron chi connectivity index (χ2n) is 10.7. The number of aliphatic hydroxyl groups excluding tert-OH is 1. The van der Waals surface area contributed by atoms with Crippen LogP contribution in [0.1, 0.15) is 48.1 Å². The standard InChI is InChI=1S/C33H33NO7/c1-20-15-24-16-23(11-12-26(24)41-20)31(35)29-30(34(33(37)32(29)36)18-25-9-6-14-39-25)22-10-13-27(28(17-22)38-2)40-19-21-7-4-3-5-8-21/h3-5,7-8,10-13,16-17,20,25,30,35H,6,9,14-15,18-19H2,1-2H3. The Kier molecular flexibility index (Phi) is 7.41. The van der Waals surface area contributed by atoms with E-state index in [9.17, 15) is 14.7 Å². The minimum Gasteiger partial charge on any atom is -0.507 e. The number of fused-ring (bicyclic) bond motifs is 1. The van der Waals surface area contributed by atoms with Crippen molar-refractivity contribution in [2.24, 2.45) is 0 Å². The lowest BCUT2D eigenvalue weighted by Crippen LogP contribution is -2.36. The van der Waals surface area contributed by atoms with Crippen LogP contribution in [0.3, 0.4) is 0 Å². The molecule has 0 bridgehead atoms. The fourth-order valence-corrected chi connectivity index (χ4v) is 5.86. The predicted molar refractivity (Wildman–Crippen MR) is 152 cm³/mol. The molecule has 0 aromatic heterocycles. The molecule has 212 valence electrons. The van der Waals surface area contributed by atoms with Crippen molar-refractivity contribution < 1.29 is 33.6 Å². The summed E-state index contributed by atoms with van der Waals surface area (Å²) in [7, 11) is 1.55. The minimum absolute atomic E-state index is 0.0366. The molecule has 8 heteroatoms. The van der Waals surface area contributed by atoms with Gasteiger partial charge >= 0.3 is 0 Å². The minimum atomic E-state index is -0.820. The lowest BCUT2D eigenvalue weighted by molar-refractivity contribution is -0.140. The summed E-state index contributed by atoms with van der Waals surface area (Å²) in [6.07, 6.45) is 2.26. The van der Waals surface area contributed by atoms with Gasteiger partial charge in [-0.15, -0.1) is 0 Å². The lowest BCUT2D eigenvalue weighted by Gasteiger charge is -2.28. The summed E-state index contributed by atoms with van der Waals surface area (Å²) in [4.78, 5) is 28.5. The maximum absolute atomic E-state index is 13.5. The summed E-state index contributed by atoms with van der Waals surface area (Å²) in [5.74, 6) is 0.162. The van der Waals surface area contributed by atoms with Gasteiger partial charge in [-0.3, -0.25) is 9.59 Å². The van der Waals surface area contributed by atoms with Gasteiger partial charge in [-0.2, -0.15) is 0 Å². The zero-order chi connectivity index (χ0) is 28.5. The third-order valence-corrected chi connectivity index (χ3v) is 7.87. The van der Waals surface area contributed by atoms with E-state index in [1.165, 1.54) is 4.90 Å². The molecule has 41 heavy (non-hydrogen) atoms. The van der Waals surface area contributed by atoms with Crippen LogP contribution in [0.25, 0.3) is 5.76 Å². The number of carbonyl (C=O) groups is 2. The Morgan fingerprint density at radius 2 is 1.88 bits per heavy atom. The second-order valence-corrected chi connectivity index (χ2v) is 10.7. The van der Waals surface area contributed by atoms with Gasteiger partial charge in [0.2, 0.25) is 0 Å². The van der Waals surface area contributed by atoms with Crippen molar-refractivity contribution in [1.29, 1.82) is 0 Å². The van der Waals surface area contributed by atoms with Crippen molar-refractivity contribution in [3.05, 3.63) is 94.6 Å². The molecule has 3 heterocycles. The number of ether oxygens (including phenoxy) is 4. The number of aliphatic hydroxyl groups is 1. The van der Waals surface area contributed by atoms with Gasteiger partial charge in [0, 0.05) is 25.1 Å². The number of likely N-dealkylation sites (tertiary alicyclic amines) is 1. The number of carbonyl (C=O) groups excluding carboxylic acids is 2. The number of ketones is 1. The predicted octanol–water partition coefficient (Wildman–Crippen LogP) is 5.20. The molecule has 0 aliphatic carbocycles. The van der Waals surface area contributed by atoms with Crippen molar-refractivity contribution in [2.45, 2.75) is 51.0 Å². The largest absolute Gasteiger partial charge is 0.507 e. The monoisotopic (exact) mass is 555 g/mol. The number of nitrogens with zero attached hydrogens (tertiary/aromatic N) is 1. The highest BCUT2D eigenvalue weighted by Crippen LogP contribution is 2.43. The van der Waals surface area contributed by atoms with Crippen LogP contribution in [0.4, 0.5) is 0 Å². The third kappa shape index (κ3) is 5.27. The van der Waals surface area contributed by atoms with Crippen LogP contribution >= 0.6 is 0 Å². The van der Waals surface area contributed by atoms with Gasteiger partial charge in [-0.1, -0.05) is 36.4 Å². The van der Waals surface area contributed by atoms with Crippen LogP contribution in [-0.2, 0) is 27.4 Å². The Labute approximate surface area is 239 Å². The van der Waals surface area contributed by atoms with E-state index in [1.54, 1.807) is 31.4 Å². The number of amides is 1. The SMILES string of the molecule is COc1cc(C2C(=C(O)c3ccc4c(c3)CC(C)O4)C(=O)C(=O)N2CC2CCCO2)ccc1OCc1ccccc1. The summed E-state index contributed by atoms with van der Waals surface area (Å²) >= 11 is 0. The average molecular weight is 556 g/mol. The lowest BCUT2D eigenvalue weighted by atomic mass is 9.94. The molecule has 1 N–H and O–H groups in total. The number of benzene rings is 3. The Morgan fingerprint density at radius 3 is 2.63 bits per heavy atom. The van der Waals surface area contributed by atoms with Gasteiger partial charge in [-0.25, -0.2) is 0 Å². The van der Waals surface area contributed by atoms with Crippen molar-refractivity contribution in [3.8, 4) is 17.2 Å². The molecule has 3 aliphatic rings. The number of Topliss-reactive ketones (excluding diaryl/α,β-unsaturated/α-hetero) is 1. The van der Waals surface area contributed by atoms with Crippen LogP contribution in [0.5, 0.6) is 17.2 Å². The molecule has 6 rings (SSSR count). The topological polar surface area (TPSA) is 94.5 Å². The van der Waals surface area contributed by atoms with Crippen LogP contribution in [-0.4, -0.2) is 54.2 Å². The first-order valence-corrected chi connectivity index (χ1v) is 14.0. The van der Waals surface area contributed by atoms with Crippen molar-refractivity contribution in [3.63, 3.8) is 0 Å². The number of rotatable bonds is 8. The molecular weight excluding hydrogens is 522 g/mol. The first-order valence-electron chi connectivity index (χ1n) is 14.0. The molecule has 3 atom stereocenters. The van der Waals surface area contributed by atoms with Crippen LogP contribution in [0.2, 0.25) is 0 Å². The maximum Gasteiger partial charge on any atom is 0.295 e. The van der Waals surface area contributed by atoms with Crippen molar-refractivity contribution >= 4 is 17.4 Å². The number of hydrogen-bond acceptors (Lipinski definition) is 7. The fraction of sp³-hybridized carbons (Fsp3) is 0.333. The zero-order valence-corrected chi connectivity index (χ0v) is 23.2. The Balaban J connectivity index is 1.39. The zero-order valence-electron chi connectivity index (χ0n) is 23.2. The smallest absolute Gasteiger partial charge is 0.295 e. The Hall–Kier alpha value is -4.30. The normalized spacial score (nSPS) is 23.0. The first-order chi connectivity index (χ1) is 19.9. The van der Waals surface area contributed by atoms with E-state index < -0.39 is 17.7 Å². The van der Waals surface area contributed by atoms with E-state index >= 15 is 0 Å². The summed E-state index contributed by atoms with van der Waals surface area (Å²) in [6, 6.07) is 19.7. The molecule has 3 aliphatic heterocycles. The van der Waals surface area contributed by atoms with Gasteiger partial charge in [-0.05, 0) is 66.8 Å². The van der Waals surface area contributed by atoms with Crippen molar-refractivity contribution in [1.82, 2.24) is 4.90 Å². The van der Waals surface area contributed by atoms with Gasteiger partial charge in [0.15, 0.2) is 11.5 Å². The molecule has 1 amide bonds. The van der Waals surface area contributed by atoms with E-state index in [-0.39, 0.29) is 30.1 Å². The summed E-state index contributed by atoms with van der Waals surface area (Å²) in [5, 5.41) is 11.6. The molecule has 0 spiro atoms. The molecule has 8 nitrogen and oxygen atoms in total. The van der Waals surface area contributed by atoms with Crippen LogP contribution in [0, 0.1) is 0 Å². The highest BCUT2D eigenvalue weighted by molar-refractivity contribution is 6.46. The third-order valence-electron chi connectivity index (χ3n) is 7.87. The number of hydrogen-bond donors (Lipinski definition) is 1. The van der Waals surface area contributed by atoms with E-state index in [0.717, 1.165) is 29.7 Å². The second kappa shape index (κ2) is 11.3. The van der Waals surface area contributed by atoms with Crippen LogP contribution < -0.4 is 14.2 Å². The molecule has 2 saturated heterocycles. The van der Waals surface area contributed by atoms with Gasteiger partial charge in [0.05, 0.1) is 24.8 Å². The van der Waals surface area contributed by atoms with E-state index in [2.05, 4.69) is 0 Å². The summed E-state index contributed by atoms with van der Waals surface area (Å²) in [5.41, 5.74) is 3.10. The van der Waals surface area contributed by atoms with Crippen molar-refractivity contribution in [2.75, 3.05) is 20.3 Å². The Bertz CT molecular complexity index is 1490. The van der Waals surface area contributed by atoms with E-state index in [1.807, 2.05) is 49.4 Å². The fourth-order valence-electron chi connectivity index (χ4n) is 5.86. The molecule has 2 fully saturated rings. The van der Waals surface area contributed by atoms with E-state index in [4.69, 9.17) is 18.9 Å². The van der Waals surface area contributed by atoms with E-state index in [0.29, 0.717) is 42.3 Å².